The molecule has 0 amide bonds. The molecule has 1 aliphatic rings. The van der Waals surface area contributed by atoms with E-state index in [1.807, 2.05) is 30.3 Å². The molecule has 1 aromatic heterocycles. The van der Waals surface area contributed by atoms with Crippen molar-refractivity contribution in [2.24, 2.45) is 0 Å². The number of likely N-dealkylation sites (tertiary alicyclic amines) is 1. The lowest BCUT2D eigenvalue weighted by Crippen LogP contribution is -2.35. The monoisotopic (exact) mass is 304 g/mol. The predicted octanol–water partition coefficient (Wildman–Crippen LogP) is 2.21. The smallest absolute Gasteiger partial charge is 0.203 e. The van der Waals surface area contributed by atoms with Gasteiger partial charge in [-0.2, -0.15) is 0 Å². The molecule has 0 saturated carbocycles. The Kier molecular flexibility index (Phi) is 4.67. The Morgan fingerprint density at radius 1 is 1.29 bits per heavy atom. The zero-order valence-electron chi connectivity index (χ0n) is 11.9. The molecule has 0 unspecified atom stereocenters. The van der Waals surface area contributed by atoms with Gasteiger partial charge in [0.1, 0.15) is 17.4 Å². The molecular weight excluding hydrogens is 284 g/mol. The third-order valence-corrected chi connectivity index (χ3v) is 4.59. The molecule has 1 aromatic carbocycles. The summed E-state index contributed by atoms with van der Waals surface area (Å²) in [5, 5.41) is 9.51. The summed E-state index contributed by atoms with van der Waals surface area (Å²) < 4.78 is 5.89. The van der Waals surface area contributed by atoms with Crippen molar-refractivity contribution in [3.05, 3.63) is 35.3 Å². The minimum absolute atomic E-state index is 0.496. The molecule has 2 aromatic rings. The first-order valence-electron chi connectivity index (χ1n) is 7.31. The maximum Gasteiger partial charge on any atom is 0.203 e. The summed E-state index contributed by atoms with van der Waals surface area (Å²) in [7, 11) is 0. The Labute approximate surface area is 128 Å². The van der Waals surface area contributed by atoms with Crippen LogP contribution in [0, 0.1) is 0 Å². The average molecular weight is 304 g/mol. The van der Waals surface area contributed by atoms with E-state index in [0.717, 1.165) is 36.9 Å². The number of nitrogens with zero attached hydrogens (tertiary/aromatic N) is 3. The highest BCUT2D eigenvalue weighted by Crippen LogP contribution is 2.20. The molecule has 2 N–H and O–H groups in total. The number of hydrogen-bond donors (Lipinski definition) is 1. The van der Waals surface area contributed by atoms with Crippen molar-refractivity contribution in [2.75, 3.05) is 25.4 Å². The first-order chi connectivity index (χ1) is 10.3. The molecule has 112 valence electrons. The van der Waals surface area contributed by atoms with E-state index in [-0.39, 0.29) is 0 Å². The summed E-state index contributed by atoms with van der Waals surface area (Å²) >= 11 is 1.48. The van der Waals surface area contributed by atoms with Gasteiger partial charge in [-0.25, -0.2) is 0 Å². The maximum absolute atomic E-state index is 5.89. The van der Waals surface area contributed by atoms with Crippen LogP contribution in [0.3, 0.4) is 0 Å². The Balaban J connectivity index is 1.48. The minimum Gasteiger partial charge on any atom is -0.492 e. The van der Waals surface area contributed by atoms with Gasteiger partial charge in [-0.1, -0.05) is 29.5 Å². The standard InChI is InChI=1S/C15H20N4OS/c16-15-18-17-14(21-15)8-10-19-9-4-5-12(19)11-20-13-6-2-1-3-7-13/h1-3,6-7,12H,4-5,8-11H2,(H2,16,18)/t12-/m0/s1. The number of benzene rings is 1. The maximum atomic E-state index is 5.89. The Bertz CT molecular complexity index is 560. The van der Waals surface area contributed by atoms with Gasteiger partial charge in [0.25, 0.3) is 0 Å². The lowest BCUT2D eigenvalue weighted by atomic mass is 10.2. The molecule has 2 heterocycles. The first kappa shape index (κ1) is 14.3. The van der Waals surface area contributed by atoms with E-state index in [2.05, 4.69) is 15.1 Å². The van der Waals surface area contributed by atoms with Crippen molar-refractivity contribution in [3.63, 3.8) is 0 Å². The summed E-state index contributed by atoms with van der Waals surface area (Å²) in [6.07, 6.45) is 3.35. The van der Waals surface area contributed by atoms with Crippen LogP contribution in [-0.4, -0.2) is 40.8 Å². The van der Waals surface area contributed by atoms with E-state index in [4.69, 9.17) is 10.5 Å². The zero-order chi connectivity index (χ0) is 14.5. The Morgan fingerprint density at radius 2 is 2.14 bits per heavy atom. The number of rotatable bonds is 6. The van der Waals surface area contributed by atoms with Crippen LogP contribution in [0.2, 0.25) is 0 Å². The quantitative estimate of drug-likeness (QED) is 0.886. The van der Waals surface area contributed by atoms with Gasteiger partial charge in [-0.3, -0.25) is 4.90 Å². The van der Waals surface area contributed by atoms with Crippen molar-refractivity contribution in [3.8, 4) is 5.75 Å². The van der Waals surface area contributed by atoms with Gasteiger partial charge >= 0.3 is 0 Å². The fourth-order valence-corrected chi connectivity index (χ4v) is 3.29. The van der Waals surface area contributed by atoms with Crippen LogP contribution in [0.5, 0.6) is 5.75 Å². The molecule has 1 fully saturated rings. The highest BCUT2D eigenvalue weighted by Gasteiger charge is 2.25. The number of nitrogens with two attached hydrogens (primary N) is 1. The third-order valence-electron chi connectivity index (χ3n) is 3.78. The van der Waals surface area contributed by atoms with Crippen molar-refractivity contribution in [1.82, 2.24) is 15.1 Å². The molecule has 0 spiro atoms. The van der Waals surface area contributed by atoms with E-state index in [0.29, 0.717) is 11.2 Å². The first-order valence-corrected chi connectivity index (χ1v) is 8.12. The van der Waals surface area contributed by atoms with Gasteiger partial charge in [-0.15, -0.1) is 10.2 Å². The summed E-state index contributed by atoms with van der Waals surface area (Å²) in [4.78, 5) is 2.49. The number of para-hydroxylation sites is 1. The van der Waals surface area contributed by atoms with E-state index < -0.39 is 0 Å². The summed E-state index contributed by atoms with van der Waals surface area (Å²) in [6, 6.07) is 10.5. The highest BCUT2D eigenvalue weighted by molar-refractivity contribution is 7.15. The second kappa shape index (κ2) is 6.87. The van der Waals surface area contributed by atoms with Gasteiger partial charge in [0.05, 0.1) is 0 Å². The zero-order valence-corrected chi connectivity index (χ0v) is 12.8. The van der Waals surface area contributed by atoms with E-state index in [1.165, 1.54) is 24.2 Å². The molecule has 5 nitrogen and oxygen atoms in total. The topological polar surface area (TPSA) is 64.3 Å². The third kappa shape index (κ3) is 3.92. The molecule has 6 heteroatoms. The fourth-order valence-electron chi connectivity index (χ4n) is 2.69. The predicted molar refractivity (Wildman–Crippen MR) is 84.6 cm³/mol. The Morgan fingerprint density at radius 3 is 2.90 bits per heavy atom. The van der Waals surface area contributed by atoms with Gasteiger partial charge in [0.2, 0.25) is 5.13 Å². The van der Waals surface area contributed by atoms with Crippen LogP contribution in [0.4, 0.5) is 5.13 Å². The van der Waals surface area contributed by atoms with Gasteiger partial charge < -0.3 is 10.5 Å². The van der Waals surface area contributed by atoms with Crippen molar-refractivity contribution in [1.29, 1.82) is 0 Å². The van der Waals surface area contributed by atoms with Crippen LogP contribution >= 0.6 is 11.3 Å². The average Bonchev–Trinajstić information content (AvgIpc) is 3.12. The molecular formula is C15H20N4OS. The number of hydrogen-bond acceptors (Lipinski definition) is 6. The lowest BCUT2D eigenvalue weighted by Gasteiger charge is -2.24. The summed E-state index contributed by atoms with van der Waals surface area (Å²) in [5.41, 5.74) is 5.61. The molecule has 21 heavy (non-hydrogen) atoms. The number of aromatic nitrogens is 2. The largest absolute Gasteiger partial charge is 0.492 e. The summed E-state index contributed by atoms with van der Waals surface area (Å²) in [5.74, 6) is 0.946. The summed E-state index contributed by atoms with van der Waals surface area (Å²) in [6.45, 7) is 2.89. The van der Waals surface area contributed by atoms with Crippen LogP contribution in [0.15, 0.2) is 30.3 Å². The normalized spacial score (nSPS) is 19.0. The number of ether oxygens (including phenoxy) is 1. The van der Waals surface area contributed by atoms with Crippen LogP contribution in [0.25, 0.3) is 0 Å². The van der Waals surface area contributed by atoms with Crippen LogP contribution < -0.4 is 10.5 Å². The lowest BCUT2D eigenvalue weighted by molar-refractivity contribution is 0.174. The van der Waals surface area contributed by atoms with E-state index in [9.17, 15) is 0 Å². The van der Waals surface area contributed by atoms with Crippen molar-refractivity contribution >= 4 is 16.5 Å². The molecule has 1 aliphatic heterocycles. The van der Waals surface area contributed by atoms with Crippen LogP contribution in [-0.2, 0) is 6.42 Å². The minimum atomic E-state index is 0.496. The molecule has 1 atom stereocenters. The van der Waals surface area contributed by atoms with Crippen molar-refractivity contribution < 1.29 is 4.74 Å². The highest BCUT2D eigenvalue weighted by atomic mass is 32.1. The second-order valence-corrected chi connectivity index (χ2v) is 6.33. The van der Waals surface area contributed by atoms with E-state index in [1.54, 1.807) is 0 Å². The van der Waals surface area contributed by atoms with Gasteiger partial charge in [0.15, 0.2) is 0 Å². The molecule has 3 rings (SSSR count). The molecule has 0 radical (unpaired) electrons. The van der Waals surface area contributed by atoms with Gasteiger partial charge in [0, 0.05) is 19.0 Å². The van der Waals surface area contributed by atoms with E-state index >= 15 is 0 Å². The molecule has 0 aliphatic carbocycles. The SMILES string of the molecule is Nc1nnc(CCN2CCC[C@H]2COc2ccccc2)s1. The van der Waals surface area contributed by atoms with Crippen molar-refractivity contribution in [2.45, 2.75) is 25.3 Å². The number of nitrogen functional groups attached to an aromatic ring is 1. The second-order valence-electron chi connectivity index (χ2n) is 5.24. The Hall–Kier alpha value is -1.66. The van der Waals surface area contributed by atoms with Gasteiger partial charge in [-0.05, 0) is 31.5 Å². The fraction of sp³-hybridized carbons (Fsp3) is 0.467. The van der Waals surface area contributed by atoms with Crippen LogP contribution in [0.1, 0.15) is 17.8 Å². The molecule has 0 bridgehead atoms. The molecule has 1 saturated heterocycles. The number of anilines is 1.